The van der Waals surface area contributed by atoms with Gasteiger partial charge in [-0.1, -0.05) is 6.07 Å². The molecule has 1 rings (SSSR count). The van der Waals surface area contributed by atoms with Crippen LogP contribution in [-0.2, 0) is 16.1 Å². The minimum Gasteiger partial charge on any atom is -0.443 e. The van der Waals surface area contributed by atoms with E-state index in [1.165, 1.54) is 18.2 Å². The van der Waals surface area contributed by atoms with E-state index in [1.54, 1.807) is 27.7 Å². The van der Waals surface area contributed by atoms with Crippen LogP contribution in [0.15, 0.2) is 18.2 Å². The molecule has 2 amide bonds. The molecule has 1 aromatic carbocycles. The molecule has 0 saturated heterocycles. The number of aryl methyl sites for hydroxylation is 1. The van der Waals surface area contributed by atoms with Crippen molar-refractivity contribution < 1.29 is 19.2 Å². The summed E-state index contributed by atoms with van der Waals surface area (Å²) in [5.74, 6) is 0. The highest BCUT2D eigenvalue weighted by Crippen LogP contribution is 2.19. The van der Waals surface area contributed by atoms with Crippen LogP contribution in [0.5, 0.6) is 0 Å². The molecule has 0 bridgehead atoms. The van der Waals surface area contributed by atoms with Crippen LogP contribution in [0.3, 0.4) is 0 Å². The molecular weight excluding hydrogens is 276 g/mol. The number of carbonyl (C=O) groups excluding carboxylic acids is 2. The molecule has 0 aliphatic heterocycles. The highest BCUT2D eigenvalue weighted by Gasteiger charge is 2.22. The van der Waals surface area contributed by atoms with Gasteiger partial charge in [-0.2, -0.15) is 0 Å². The van der Waals surface area contributed by atoms with Gasteiger partial charge in [0, 0.05) is 12.1 Å². The van der Waals surface area contributed by atoms with E-state index in [-0.39, 0.29) is 12.2 Å². The van der Waals surface area contributed by atoms with Gasteiger partial charge in [0.1, 0.15) is 5.60 Å². The highest BCUT2D eigenvalue weighted by atomic mass is 16.6. The van der Waals surface area contributed by atoms with Crippen LogP contribution in [0.25, 0.3) is 0 Å². The van der Waals surface area contributed by atoms with Gasteiger partial charge in [0.05, 0.1) is 11.5 Å². The first-order valence-electron chi connectivity index (χ1n) is 6.33. The molecule has 0 atom stereocenters. The van der Waals surface area contributed by atoms with Crippen molar-refractivity contribution in [3.8, 4) is 0 Å². The highest BCUT2D eigenvalue weighted by molar-refractivity contribution is 5.80. The summed E-state index contributed by atoms with van der Waals surface area (Å²) in [6.45, 7) is 6.78. The molecule has 0 radical (unpaired) electrons. The van der Waals surface area contributed by atoms with Gasteiger partial charge >= 0.3 is 6.09 Å². The maximum atomic E-state index is 11.8. The molecule has 0 aromatic heterocycles. The maximum Gasteiger partial charge on any atom is 0.417 e. The summed E-state index contributed by atoms with van der Waals surface area (Å²) in [5.41, 5.74) is 0.521. The van der Waals surface area contributed by atoms with Crippen molar-refractivity contribution in [3.05, 3.63) is 39.4 Å². The molecule has 114 valence electrons. The smallest absolute Gasteiger partial charge is 0.417 e. The van der Waals surface area contributed by atoms with Gasteiger partial charge in [-0.05, 0) is 38.8 Å². The van der Waals surface area contributed by atoms with E-state index in [0.29, 0.717) is 17.5 Å². The Morgan fingerprint density at radius 2 is 2.05 bits per heavy atom. The average Bonchev–Trinajstić information content (AvgIpc) is 2.34. The first-order valence-corrected chi connectivity index (χ1v) is 6.33. The number of non-ortho nitro benzene ring substituents is 1. The van der Waals surface area contributed by atoms with Gasteiger partial charge in [-0.25, -0.2) is 9.69 Å². The summed E-state index contributed by atoms with van der Waals surface area (Å²) in [6.07, 6.45) is -0.371. The average molecular weight is 294 g/mol. The Hall–Kier alpha value is -2.44. The number of imide groups is 1. The lowest BCUT2D eigenvalue weighted by Gasteiger charge is -2.24. The molecule has 21 heavy (non-hydrogen) atoms. The minimum atomic E-state index is -0.754. The Kier molecular flexibility index (Phi) is 5.02. The number of hydrogen-bond acceptors (Lipinski definition) is 5. The fraction of sp³-hybridized carbons (Fsp3) is 0.429. The number of carbonyl (C=O) groups is 2. The van der Waals surface area contributed by atoms with Crippen molar-refractivity contribution >= 4 is 18.2 Å². The van der Waals surface area contributed by atoms with Crippen molar-refractivity contribution in [3.63, 3.8) is 0 Å². The molecule has 0 aliphatic carbocycles. The zero-order valence-electron chi connectivity index (χ0n) is 12.5. The summed E-state index contributed by atoms with van der Waals surface area (Å²) in [5, 5.41) is 10.7. The number of nitrogens with zero attached hydrogens (tertiary/aromatic N) is 2. The predicted molar refractivity (Wildman–Crippen MR) is 75.7 cm³/mol. The Balaban J connectivity index is 2.89. The Bertz CT molecular complexity index is 563. The van der Waals surface area contributed by atoms with E-state index >= 15 is 0 Å². The summed E-state index contributed by atoms with van der Waals surface area (Å²) in [4.78, 5) is 33.9. The van der Waals surface area contributed by atoms with Crippen LogP contribution >= 0.6 is 0 Å². The summed E-state index contributed by atoms with van der Waals surface area (Å²) in [6, 6.07) is 4.25. The van der Waals surface area contributed by atoms with E-state index in [4.69, 9.17) is 4.74 Å². The Morgan fingerprint density at radius 3 is 2.48 bits per heavy atom. The van der Waals surface area contributed by atoms with Crippen LogP contribution in [0.4, 0.5) is 10.5 Å². The number of nitro groups is 1. The molecule has 0 unspecified atom stereocenters. The monoisotopic (exact) mass is 294 g/mol. The van der Waals surface area contributed by atoms with Crippen LogP contribution in [-0.4, -0.2) is 27.9 Å². The van der Waals surface area contributed by atoms with Gasteiger partial charge in [-0.15, -0.1) is 0 Å². The van der Waals surface area contributed by atoms with E-state index in [2.05, 4.69) is 0 Å². The van der Waals surface area contributed by atoms with E-state index < -0.39 is 16.6 Å². The zero-order valence-corrected chi connectivity index (χ0v) is 12.5. The van der Waals surface area contributed by atoms with Crippen molar-refractivity contribution in [1.82, 2.24) is 4.90 Å². The molecule has 0 aliphatic rings. The van der Waals surface area contributed by atoms with E-state index in [9.17, 15) is 19.7 Å². The molecule has 0 fully saturated rings. The molecule has 1 aromatic rings. The zero-order chi connectivity index (χ0) is 16.2. The fourth-order valence-electron chi connectivity index (χ4n) is 1.62. The Labute approximate surface area is 122 Å². The summed E-state index contributed by atoms with van der Waals surface area (Å²) < 4.78 is 5.11. The summed E-state index contributed by atoms with van der Waals surface area (Å²) in [7, 11) is 0. The van der Waals surface area contributed by atoms with Gasteiger partial charge in [-0.3, -0.25) is 14.9 Å². The third-order valence-corrected chi connectivity index (χ3v) is 2.63. The van der Waals surface area contributed by atoms with Gasteiger partial charge in [0.15, 0.2) is 0 Å². The number of benzene rings is 1. The largest absolute Gasteiger partial charge is 0.443 e. The lowest BCUT2D eigenvalue weighted by molar-refractivity contribution is -0.384. The number of hydrogen-bond donors (Lipinski definition) is 0. The van der Waals surface area contributed by atoms with E-state index in [0.717, 1.165) is 4.90 Å². The third kappa shape index (κ3) is 4.87. The second-order valence-electron chi connectivity index (χ2n) is 5.58. The van der Waals surface area contributed by atoms with Crippen molar-refractivity contribution in [2.24, 2.45) is 0 Å². The number of nitro benzene ring substituents is 1. The van der Waals surface area contributed by atoms with Crippen LogP contribution in [0.1, 0.15) is 31.9 Å². The van der Waals surface area contributed by atoms with Gasteiger partial charge < -0.3 is 4.74 Å². The standard InChI is InChI=1S/C14H18N2O5/c1-10-7-12(16(19)20)6-5-11(10)8-15(9-17)13(18)21-14(2,3)4/h5-7,9H,8H2,1-4H3. The van der Waals surface area contributed by atoms with Crippen molar-refractivity contribution in [2.45, 2.75) is 39.8 Å². The first-order chi connectivity index (χ1) is 9.64. The minimum absolute atomic E-state index is 0.00222. The molecule has 0 saturated carbocycles. The van der Waals surface area contributed by atoms with Crippen molar-refractivity contribution in [1.29, 1.82) is 0 Å². The van der Waals surface area contributed by atoms with Crippen LogP contribution in [0.2, 0.25) is 0 Å². The normalized spacial score (nSPS) is 10.9. The Morgan fingerprint density at radius 1 is 1.43 bits per heavy atom. The lowest BCUT2D eigenvalue weighted by Crippen LogP contribution is -2.35. The summed E-state index contributed by atoms with van der Waals surface area (Å²) >= 11 is 0. The number of amides is 2. The van der Waals surface area contributed by atoms with Crippen LogP contribution in [0, 0.1) is 17.0 Å². The molecular formula is C14H18N2O5. The lowest BCUT2D eigenvalue weighted by atomic mass is 10.1. The second-order valence-corrected chi connectivity index (χ2v) is 5.58. The molecule has 0 heterocycles. The number of ether oxygens (including phenoxy) is 1. The van der Waals surface area contributed by atoms with Crippen molar-refractivity contribution in [2.75, 3.05) is 0 Å². The quantitative estimate of drug-likeness (QED) is 0.484. The second kappa shape index (κ2) is 6.34. The third-order valence-electron chi connectivity index (χ3n) is 2.63. The van der Waals surface area contributed by atoms with E-state index in [1.807, 2.05) is 0 Å². The topological polar surface area (TPSA) is 89.8 Å². The molecule has 7 heteroatoms. The fourth-order valence-corrected chi connectivity index (χ4v) is 1.62. The SMILES string of the molecule is Cc1cc([N+](=O)[O-])ccc1CN(C=O)C(=O)OC(C)(C)C. The van der Waals surface area contributed by atoms with Gasteiger partial charge in [0.25, 0.3) is 5.69 Å². The molecule has 0 spiro atoms. The number of rotatable bonds is 4. The maximum absolute atomic E-state index is 11.8. The van der Waals surface area contributed by atoms with Gasteiger partial charge in [0.2, 0.25) is 6.41 Å². The molecule has 7 nitrogen and oxygen atoms in total. The molecule has 0 N–H and O–H groups in total. The predicted octanol–water partition coefficient (Wildman–Crippen LogP) is 2.80. The first kappa shape index (κ1) is 16.6. The van der Waals surface area contributed by atoms with Crippen LogP contribution < -0.4 is 0 Å².